The fourth-order valence-electron chi connectivity index (χ4n) is 2.63. The molecular formula is C15H20N2O4. The minimum atomic E-state index is -1.08. The maximum absolute atomic E-state index is 12.4. The van der Waals surface area contributed by atoms with Crippen molar-refractivity contribution in [3.63, 3.8) is 0 Å². The number of carboxylic acid groups (broad SMARTS) is 1. The highest BCUT2D eigenvalue weighted by atomic mass is 16.4. The molecule has 1 unspecified atom stereocenters. The largest absolute Gasteiger partial charge is 0.480 e. The first kappa shape index (κ1) is 15.3. The third-order valence-corrected chi connectivity index (χ3v) is 3.64. The molecule has 114 valence electrons. The van der Waals surface area contributed by atoms with Crippen LogP contribution in [-0.4, -0.2) is 57.8 Å². The first-order chi connectivity index (χ1) is 9.88. The number of rotatable bonds is 3. The van der Waals surface area contributed by atoms with Gasteiger partial charge in [0.15, 0.2) is 0 Å². The van der Waals surface area contributed by atoms with E-state index in [1.54, 1.807) is 7.05 Å². The number of benzene rings is 1. The lowest BCUT2D eigenvalue weighted by Crippen LogP contribution is -2.46. The summed E-state index contributed by atoms with van der Waals surface area (Å²) >= 11 is 0. The van der Waals surface area contributed by atoms with Crippen LogP contribution in [0.15, 0.2) is 24.3 Å². The molecule has 2 atom stereocenters. The maximum Gasteiger partial charge on any atom is 0.326 e. The Balaban J connectivity index is 2.06. The number of carboxylic acids is 1. The van der Waals surface area contributed by atoms with Gasteiger partial charge in [0.25, 0.3) is 0 Å². The molecule has 1 aliphatic rings. The Labute approximate surface area is 123 Å². The van der Waals surface area contributed by atoms with E-state index in [0.29, 0.717) is 6.54 Å². The average Bonchev–Trinajstić information content (AvgIpc) is 2.80. The molecule has 2 rings (SSSR count). The smallest absolute Gasteiger partial charge is 0.326 e. The van der Waals surface area contributed by atoms with E-state index in [0.717, 1.165) is 11.1 Å². The highest BCUT2D eigenvalue weighted by Gasteiger charge is 2.39. The molecule has 1 aromatic carbocycles. The van der Waals surface area contributed by atoms with Gasteiger partial charge in [0, 0.05) is 26.6 Å². The molecule has 0 saturated carbocycles. The number of β-amino-alcohol motifs (C(OH)–C–C–N with tert-alkyl or cyclic N) is 1. The molecule has 1 heterocycles. The first-order valence-electron chi connectivity index (χ1n) is 6.86. The van der Waals surface area contributed by atoms with Gasteiger partial charge in [0.2, 0.25) is 0 Å². The minimum Gasteiger partial charge on any atom is -0.480 e. The number of aliphatic hydroxyl groups is 1. The Hall–Kier alpha value is -2.08. The van der Waals surface area contributed by atoms with Crippen LogP contribution in [0.3, 0.4) is 0 Å². The van der Waals surface area contributed by atoms with Crippen LogP contribution in [0.4, 0.5) is 4.79 Å². The normalized spacial score (nSPS) is 21.4. The topological polar surface area (TPSA) is 81.1 Å². The van der Waals surface area contributed by atoms with E-state index in [-0.39, 0.29) is 19.0 Å². The lowest BCUT2D eigenvalue weighted by atomic mass is 10.1. The summed E-state index contributed by atoms with van der Waals surface area (Å²) in [7, 11) is 1.63. The monoisotopic (exact) mass is 292 g/mol. The summed E-state index contributed by atoms with van der Waals surface area (Å²) < 4.78 is 0. The molecule has 1 fully saturated rings. The minimum absolute atomic E-state index is 0.0634. The average molecular weight is 292 g/mol. The Bertz CT molecular complexity index is 546. The Kier molecular flexibility index (Phi) is 4.47. The Morgan fingerprint density at radius 1 is 1.43 bits per heavy atom. The van der Waals surface area contributed by atoms with Crippen molar-refractivity contribution in [1.29, 1.82) is 0 Å². The van der Waals surface area contributed by atoms with Gasteiger partial charge in [-0.15, -0.1) is 0 Å². The van der Waals surface area contributed by atoms with Gasteiger partial charge >= 0.3 is 12.0 Å². The number of amides is 2. The van der Waals surface area contributed by atoms with Crippen LogP contribution in [0.1, 0.15) is 17.5 Å². The lowest BCUT2D eigenvalue weighted by Gasteiger charge is -2.27. The van der Waals surface area contributed by atoms with Crippen LogP contribution in [0.25, 0.3) is 0 Å². The zero-order valence-corrected chi connectivity index (χ0v) is 12.2. The second-order valence-electron chi connectivity index (χ2n) is 5.52. The SMILES string of the molecule is Cc1cccc(CN(C)C(=O)N2CC(O)C[C@H]2C(=O)O)c1. The molecule has 0 bridgehead atoms. The summed E-state index contributed by atoms with van der Waals surface area (Å²) in [6, 6.07) is 6.47. The number of hydrogen-bond donors (Lipinski definition) is 2. The highest BCUT2D eigenvalue weighted by Crippen LogP contribution is 2.20. The van der Waals surface area contributed by atoms with E-state index in [9.17, 15) is 14.7 Å². The number of aliphatic carboxylic acids is 1. The molecule has 0 aliphatic carbocycles. The molecule has 0 radical (unpaired) electrons. The maximum atomic E-state index is 12.4. The predicted octanol–water partition coefficient (Wildman–Crippen LogP) is 1.07. The molecule has 1 saturated heterocycles. The van der Waals surface area contributed by atoms with Crippen molar-refractivity contribution in [3.8, 4) is 0 Å². The van der Waals surface area contributed by atoms with Crippen LogP contribution in [0.5, 0.6) is 0 Å². The molecular weight excluding hydrogens is 272 g/mol. The van der Waals surface area contributed by atoms with E-state index < -0.39 is 18.1 Å². The predicted molar refractivity (Wildman–Crippen MR) is 76.8 cm³/mol. The van der Waals surface area contributed by atoms with Crippen LogP contribution in [0.2, 0.25) is 0 Å². The van der Waals surface area contributed by atoms with E-state index in [4.69, 9.17) is 5.11 Å². The van der Waals surface area contributed by atoms with Crippen molar-refractivity contribution < 1.29 is 19.8 Å². The van der Waals surface area contributed by atoms with Crippen molar-refractivity contribution in [2.45, 2.75) is 32.0 Å². The van der Waals surface area contributed by atoms with Gasteiger partial charge in [-0.2, -0.15) is 0 Å². The van der Waals surface area contributed by atoms with E-state index in [2.05, 4.69) is 0 Å². The second-order valence-corrected chi connectivity index (χ2v) is 5.52. The molecule has 0 spiro atoms. The van der Waals surface area contributed by atoms with Crippen molar-refractivity contribution in [3.05, 3.63) is 35.4 Å². The van der Waals surface area contributed by atoms with Crippen molar-refractivity contribution in [2.75, 3.05) is 13.6 Å². The molecule has 2 amide bonds. The molecule has 2 N–H and O–H groups in total. The molecule has 1 aliphatic heterocycles. The molecule has 6 heteroatoms. The number of likely N-dealkylation sites (tertiary alicyclic amines) is 1. The van der Waals surface area contributed by atoms with E-state index in [1.807, 2.05) is 31.2 Å². The molecule has 21 heavy (non-hydrogen) atoms. The van der Waals surface area contributed by atoms with Crippen molar-refractivity contribution in [1.82, 2.24) is 9.80 Å². The third-order valence-electron chi connectivity index (χ3n) is 3.64. The van der Waals surface area contributed by atoms with Gasteiger partial charge in [-0.3, -0.25) is 0 Å². The van der Waals surface area contributed by atoms with E-state index in [1.165, 1.54) is 9.80 Å². The molecule has 1 aromatic rings. The Morgan fingerprint density at radius 3 is 2.76 bits per heavy atom. The third kappa shape index (κ3) is 3.52. The lowest BCUT2D eigenvalue weighted by molar-refractivity contribution is -0.141. The van der Waals surface area contributed by atoms with Crippen LogP contribution in [0, 0.1) is 6.92 Å². The van der Waals surface area contributed by atoms with Gasteiger partial charge in [-0.25, -0.2) is 9.59 Å². The summed E-state index contributed by atoms with van der Waals surface area (Å²) in [5.41, 5.74) is 2.09. The fourth-order valence-corrected chi connectivity index (χ4v) is 2.63. The number of hydrogen-bond acceptors (Lipinski definition) is 3. The zero-order chi connectivity index (χ0) is 15.6. The van der Waals surface area contributed by atoms with Crippen LogP contribution >= 0.6 is 0 Å². The van der Waals surface area contributed by atoms with Gasteiger partial charge in [0.05, 0.1) is 6.10 Å². The van der Waals surface area contributed by atoms with Crippen LogP contribution in [-0.2, 0) is 11.3 Å². The highest BCUT2D eigenvalue weighted by molar-refractivity contribution is 5.83. The summed E-state index contributed by atoms with van der Waals surface area (Å²) in [6.45, 7) is 2.44. The summed E-state index contributed by atoms with van der Waals surface area (Å²) in [5, 5.41) is 18.7. The quantitative estimate of drug-likeness (QED) is 0.873. The van der Waals surface area contributed by atoms with E-state index >= 15 is 0 Å². The summed E-state index contributed by atoms with van der Waals surface area (Å²) in [5.74, 6) is -1.08. The van der Waals surface area contributed by atoms with Gasteiger partial charge in [-0.1, -0.05) is 29.8 Å². The number of carbonyl (C=O) groups excluding carboxylic acids is 1. The number of aryl methyl sites for hydroxylation is 1. The van der Waals surface area contributed by atoms with Crippen molar-refractivity contribution >= 4 is 12.0 Å². The Morgan fingerprint density at radius 2 is 2.14 bits per heavy atom. The number of nitrogens with zero attached hydrogens (tertiary/aromatic N) is 2. The van der Waals surface area contributed by atoms with Gasteiger partial charge in [-0.05, 0) is 12.5 Å². The van der Waals surface area contributed by atoms with Crippen LogP contribution < -0.4 is 0 Å². The second kappa shape index (κ2) is 6.13. The zero-order valence-electron chi connectivity index (χ0n) is 12.2. The molecule has 0 aromatic heterocycles. The summed E-state index contributed by atoms with van der Waals surface area (Å²) in [4.78, 5) is 26.2. The summed E-state index contributed by atoms with van der Waals surface area (Å²) in [6.07, 6.45) is -0.693. The number of urea groups is 1. The standard InChI is InChI=1S/C15H20N2O4/c1-10-4-3-5-11(6-10)8-16(2)15(21)17-9-12(18)7-13(17)14(19)20/h3-6,12-13,18H,7-9H2,1-2H3,(H,19,20)/t12?,13-/m0/s1. The molecule has 6 nitrogen and oxygen atoms in total. The first-order valence-corrected chi connectivity index (χ1v) is 6.86. The van der Waals surface area contributed by atoms with Crippen molar-refractivity contribution in [2.24, 2.45) is 0 Å². The number of aliphatic hydroxyl groups excluding tert-OH is 1. The van der Waals surface area contributed by atoms with Gasteiger partial charge < -0.3 is 20.0 Å². The fraction of sp³-hybridized carbons (Fsp3) is 0.467. The van der Waals surface area contributed by atoms with Gasteiger partial charge in [0.1, 0.15) is 6.04 Å². The number of carbonyl (C=O) groups is 2.